The van der Waals surface area contributed by atoms with Crippen LogP contribution in [0.1, 0.15) is 5.56 Å². The first-order valence-corrected chi connectivity index (χ1v) is 7.83. The number of nitrogens with one attached hydrogen (secondary N) is 2. The van der Waals surface area contributed by atoms with Crippen LogP contribution in [0.5, 0.6) is 5.75 Å². The van der Waals surface area contributed by atoms with Gasteiger partial charge in [-0.05, 0) is 30.3 Å². The summed E-state index contributed by atoms with van der Waals surface area (Å²) in [5.74, 6) is -0.0736. The van der Waals surface area contributed by atoms with Gasteiger partial charge in [0.1, 0.15) is 17.4 Å². The molecule has 0 saturated carbocycles. The Kier molecular flexibility index (Phi) is 4.73. The lowest BCUT2D eigenvalue weighted by Crippen LogP contribution is -2.14. The van der Waals surface area contributed by atoms with Crippen LogP contribution in [-0.2, 0) is 4.79 Å². The number of nitriles is 1. The molecule has 3 aromatic rings. The van der Waals surface area contributed by atoms with E-state index in [1.54, 1.807) is 30.5 Å². The fraction of sp³-hybridized carbons (Fsp3) is 0.0526. The van der Waals surface area contributed by atoms with Crippen LogP contribution in [0.2, 0.25) is 5.02 Å². The number of rotatable bonds is 4. The molecule has 0 radical (unpaired) electrons. The number of para-hydroxylation sites is 1. The van der Waals surface area contributed by atoms with E-state index in [1.165, 1.54) is 7.11 Å². The van der Waals surface area contributed by atoms with Gasteiger partial charge in [-0.25, -0.2) is 0 Å². The molecule has 2 N–H and O–H groups in total. The predicted octanol–water partition coefficient (Wildman–Crippen LogP) is 4.38. The van der Waals surface area contributed by atoms with Crippen molar-refractivity contribution in [2.45, 2.75) is 0 Å². The van der Waals surface area contributed by atoms with Crippen molar-refractivity contribution in [3.05, 3.63) is 64.8 Å². The standard InChI is InChI=1S/C19H14ClN3O2/c1-25-18-7-6-14(20)9-17(18)23-19(24)12(10-21)8-13-11-22-16-5-3-2-4-15(13)16/h2-9,11,22H,1H3,(H,23,24)/b12-8+. The summed E-state index contributed by atoms with van der Waals surface area (Å²) >= 11 is 5.96. The van der Waals surface area contributed by atoms with Crippen LogP contribution in [-0.4, -0.2) is 18.0 Å². The lowest BCUT2D eigenvalue weighted by Gasteiger charge is -2.10. The van der Waals surface area contributed by atoms with Gasteiger partial charge in [0.2, 0.25) is 0 Å². The number of fused-ring (bicyclic) bond motifs is 1. The van der Waals surface area contributed by atoms with E-state index in [0.29, 0.717) is 16.5 Å². The van der Waals surface area contributed by atoms with Gasteiger partial charge in [0.25, 0.3) is 5.91 Å². The second-order valence-corrected chi connectivity index (χ2v) is 5.69. The zero-order valence-corrected chi connectivity index (χ0v) is 14.1. The highest BCUT2D eigenvalue weighted by Crippen LogP contribution is 2.28. The molecule has 0 spiro atoms. The summed E-state index contributed by atoms with van der Waals surface area (Å²) in [7, 11) is 1.49. The summed E-state index contributed by atoms with van der Waals surface area (Å²) in [5, 5.41) is 13.4. The maximum atomic E-state index is 12.5. The van der Waals surface area contributed by atoms with Crippen molar-refractivity contribution in [1.82, 2.24) is 4.98 Å². The largest absolute Gasteiger partial charge is 0.495 e. The minimum Gasteiger partial charge on any atom is -0.495 e. The normalized spacial score (nSPS) is 11.2. The Morgan fingerprint density at radius 1 is 1.32 bits per heavy atom. The number of ether oxygens (including phenoxy) is 1. The van der Waals surface area contributed by atoms with Gasteiger partial charge in [0.05, 0.1) is 12.8 Å². The molecule has 0 atom stereocenters. The topological polar surface area (TPSA) is 77.9 Å². The van der Waals surface area contributed by atoms with E-state index in [-0.39, 0.29) is 5.57 Å². The summed E-state index contributed by atoms with van der Waals surface area (Å²) in [4.78, 5) is 15.6. The Morgan fingerprint density at radius 3 is 2.88 bits per heavy atom. The Bertz CT molecular complexity index is 1010. The molecule has 25 heavy (non-hydrogen) atoms. The highest BCUT2D eigenvalue weighted by atomic mass is 35.5. The van der Waals surface area contributed by atoms with E-state index in [2.05, 4.69) is 10.3 Å². The van der Waals surface area contributed by atoms with Gasteiger partial charge in [-0.15, -0.1) is 0 Å². The number of benzene rings is 2. The number of amides is 1. The number of methoxy groups -OCH3 is 1. The molecule has 0 aliphatic heterocycles. The molecule has 0 aliphatic rings. The van der Waals surface area contributed by atoms with Gasteiger partial charge in [-0.2, -0.15) is 5.26 Å². The van der Waals surface area contributed by atoms with Crippen molar-refractivity contribution in [2.24, 2.45) is 0 Å². The minimum atomic E-state index is -0.534. The van der Waals surface area contributed by atoms with Crippen LogP contribution < -0.4 is 10.1 Å². The van der Waals surface area contributed by atoms with Gasteiger partial charge in [-0.1, -0.05) is 29.8 Å². The number of nitrogens with zero attached hydrogens (tertiary/aromatic N) is 1. The average molecular weight is 352 g/mol. The molecule has 0 bridgehead atoms. The van der Waals surface area contributed by atoms with E-state index >= 15 is 0 Å². The minimum absolute atomic E-state index is 0.0215. The smallest absolute Gasteiger partial charge is 0.266 e. The third-order valence-corrected chi connectivity index (χ3v) is 3.93. The van der Waals surface area contributed by atoms with Crippen molar-refractivity contribution in [1.29, 1.82) is 5.26 Å². The molecule has 0 aliphatic carbocycles. The molecule has 0 fully saturated rings. The molecule has 1 amide bonds. The number of halogens is 1. The summed E-state index contributed by atoms with van der Waals surface area (Å²) in [6.45, 7) is 0. The predicted molar refractivity (Wildman–Crippen MR) is 98.5 cm³/mol. The van der Waals surface area contributed by atoms with Gasteiger partial charge in [0.15, 0.2) is 0 Å². The zero-order chi connectivity index (χ0) is 17.8. The maximum Gasteiger partial charge on any atom is 0.266 e. The molecule has 1 aromatic heterocycles. The van der Waals surface area contributed by atoms with Crippen molar-refractivity contribution in [3.63, 3.8) is 0 Å². The van der Waals surface area contributed by atoms with E-state index in [4.69, 9.17) is 16.3 Å². The summed E-state index contributed by atoms with van der Waals surface area (Å²) < 4.78 is 5.20. The molecule has 6 heteroatoms. The fourth-order valence-electron chi connectivity index (χ4n) is 2.49. The molecule has 1 heterocycles. The van der Waals surface area contributed by atoms with E-state index < -0.39 is 5.91 Å². The molecular formula is C19H14ClN3O2. The second-order valence-electron chi connectivity index (χ2n) is 5.26. The molecule has 2 aromatic carbocycles. The number of carbonyl (C=O) groups excluding carboxylic acids is 1. The van der Waals surface area contributed by atoms with Crippen molar-refractivity contribution in [2.75, 3.05) is 12.4 Å². The van der Waals surface area contributed by atoms with E-state index in [9.17, 15) is 10.1 Å². The molecule has 5 nitrogen and oxygen atoms in total. The number of anilines is 1. The first-order valence-electron chi connectivity index (χ1n) is 7.45. The first kappa shape index (κ1) is 16.6. The van der Waals surface area contributed by atoms with E-state index in [1.807, 2.05) is 30.3 Å². The van der Waals surface area contributed by atoms with Gasteiger partial charge in [-0.3, -0.25) is 4.79 Å². The van der Waals surface area contributed by atoms with Gasteiger partial charge < -0.3 is 15.0 Å². The quantitative estimate of drug-likeness (QED) is 0.541. The van der Waals surface area contributed by atoms with Crippen LogP contribution in [0, 0.1) is 11.3 Å². The van der Waals surface area contributed by atoms with Crippen molar-refractivity contribution < 1.29 is 9.53 Å². The van der Waals surface area contributed by atoms with Crippen molar-refractivity contribution in [3.8, 4) is 11.8 Å². The Labute approximate surface area is 149 Å². The maximum absolute atomic E-state index is 12.5. The summed E-state index contributed by atoms with van der Waals surface area (Å²) in [5.41, 5.74) is 2.08. The van der Waals surface area contributed by atoms with E-state index in [0.717, 1.165) is 16.5 Å². The molecule has 0 saturated heterocycles. The summed E-state index contributed by atoms with van der Waals surface area (Å²) in [6, 6.07) is 14.5. The van der Waals surface area contributed by atoms with Crippen LogP contribution in [0.25, 0.3) is 17.0 Å². The SMILES string of the molecule is COc1ccc(Cl)cc1NC(=O)/C(C#N)=C/c1c[nH]c2ccccc12. The highest BCUT2D eigenvalue weighted by molar-refractivity contribution is 6.31. The number of carbonyl (C=O) groups is 1. The number of aromatic amines is 1. The molecular weight excluding hydrogens is 338 g/mol. The average Bonchev–Trinajstić information content (AvgIpc) is 3.03. The molecule has 124 valence electrons. The Balaban J connectivity index is 1.92. The lowest BCUT2D eigenvalue weighted by molar-refractivity contribution is -0.112. The van der Waals surface area contributed by atoms with Crippen LogP contribution in [0.3, 0.4) is 0 Å². The van der Waals surface area contributed by atoms with Crippen LogP contribution in [0.4, 0.5) is 5.69 Å². The van der Waals surface area contributed by atoms with Gasteiger partial charge in [0, 0.05) is 27.7 Å². The number of aromatic nitrogens is 1. The fourth-order valence-corrected chi connectivity index (χ4v) is 2.66. The zero-order valence-electron chi connectivity index (χ0n) is 13.3. The van der Waals surface area contributed by atoms with Gasteiger partial charge >= 0.3 is 0 Å². The third kappa shape index (κ3) is 3.49. The third-order valence-electron chi connectivity index (χ3n) is 3.70. The number of hydrogen-bond acceptors (Lipinski definition) is 3. The molecule has 3 rings (SSSR count). The lowest BCUT2D eigenvalue weighted by atomic mass is 10.1. The van der Waals surface area contributed by atoms with Crippen LogP contribution in [0.15, 0.2) is 54.2 Å². The Hall–Kier alpha value is -3.23. The second kappa shape index (κ2) is 7.12. The van der Waals surface area contributed by atoms with Crippen molar-refractivity contribution >= 4 is 40.2 Å². The monoisotopic (exact) mass is 351 g/mol. The summed E-state index contributed by atoms with van der Waals surface area (Å²) in [6.07, 6.45) is 3.31. The number of H-pyrrole nitrogens is 1. The Morgan fingerprint density at radius 2 is 2.12 bits per heavy atom. The van der Waals surface area contributed by atoms with Crippen LogP contribution >= 0.6 is 11.6 Å². The highest BCUT2D eigenvalue weighted by Gasteiger charge is 2.14. The first-order chi connectivity index (χ1) is 12.1. The number of hydrogen-bond donors (Lipinski definition) is 2. The molecule has 0 unspecified atom stereocenters.